The van der Waals surface area contributed by atoms with Crippen LogP contribution in [0.4, 0.5) is 0 Å². The fourth-order valence-corrected chi connectivity index (χ4v) is 1.59. The van der Waals surface area contributed by atoms with Gasteiger partial charge < -0.3 is 0 Å². The monoisotopic (exact) mass is 174 g/mol. The van der Waals surface area contributed by atoms with E-state index >= 15 is 0 Å². The van der Waals surface area contributed by atoms with Crippen molar-refractivity contribution < 1.29 is 4.79 Å². The first-order chi connectivity index (χ1) is 6.31. The first-order valence-corrected chi connectivity index (χ1v) is 4.94. The van der Waals surface area contributed by atoms with Gasteiger partial charge in [0, 0.05) is 12.0 Å². The van der Waals surface area contributed by atoms with Gasteiger partial charge in [0.15, 0.2) is 5.78 Å². The van der Waals surface area contributed by atoms with Gasteiger partial charge in [-0.1, -0.05) is 25.1 Å². The lowest BCUT2D eigenvalue weighted by Crippen LogP contribution is -1.96. The molecule has 1 aromatic rings. The standard InChI is InChI=1S/C12H14O/c1-2-12(13)11-5-3-4-10(8-11)9-6-7-9/h3-5,8-9H,2,6-7H2,1H3. The maximum atomic E-state index is 11.4. The van der Waals surface area contributed by atoms with Crippen LogP contribution >= 0.6 is 0 Å². The van der Waals surface area contributed by atoms with Crippen LogP contribution in [-0.4, -0.2) is 5.78 Å². The van der Waals surface area contributed by atoms with Gasteiger partial charge in [0.05, 0.1) is 0 Å². The Morgan fingerprint density at radius 3 is 2.85 bits per heavy atom. The minimum absolute atomic E-state index is 0.252. The van der Waals surface area contributed by atoms with E-state index in [2.05, 4.69) is 12.1 Å². The van der Waals surface area contributed by atoms with Gasteiger partial charge in [0.25, 0.3) is 0 Å². The van der Waals surface area contributed by atoms with Crippen molar-refractivity contribution >= 4 is 5.78 Å². The summed E-state index contributed by atoms with van der Waals surface area (Å²) in [4.78, 5) is 11.4. The Balaban J connectivity index is 2.26. The molecule has 0 N–H and O–H groups in total. The Hall–Kier alpha value is -1.11. The fourth-order valence-electron chi connectivity index (χ4n) is 1.59. The molecule has 0 amide bonds. The Morgan fingerprint density at radius 2 is 2.23 bits per heavy atom. The molecule has 1 saturated carbocycles. The average Bonchev–Trinajstić information content (AvgIpc) is 3.00. The normalized spacial score (nSPS) is 15.8. The fraction of sp³-hybridized carbons (Fsp3) is 0.417. The third-order valence-electron chi connectivity index (χ3n) is 2.58. The first-order valence-electron chi connectivity index (χ1n) is 4.94. The van der Waals surface area contributed by atoms with Crippen LogP contribution in [0, 0.1) is 0 Å². The molecular weight excluding hydrogens is 160 g/mol. The highest BCUT2D eigenvalue weighted by atomic mass is 16.1. The van der Waals surface area contributed by atoms with Gasteiger partial charge in [-0.25, -0.2) is 0 Å². The molecule has 1 heteroatoms. The number of hydrogen-bond acceptors (Lipinski definition) is 1. The molecule has 0 aromatic heterocycles. The van der Waals surface area contributed by atoms with E-state index in [0.717, 1.165) is 11.5 Å². The molecule has 1 fully saturated rings. The number of benzene rings is 1. The Kier molecular flexibility index (Phi) is 2.17. The summed E-state index contributed by atoms with van der Waals surface area (Å²) in [7, 11) is 0. The van der Waals surface area contributed by atoms with Gasteiger partial charge in [0.1, 0.15) is 0 Å². The number of carbonyl (C=O) groups is 1. The van der Waals surface area contributed by atoms with Crippen LogP contribution in [0.1, 0.15) is 48.0 Å². The van der Waals surface area contributed by atoms with Gasteiger partial charge >= 0.3 is 0 Å². The molecule has 0 radical (unpaired) electrons. The first kappa shape index (κ1) is 8.49. The number of rotatable bonds is 3. The van der Waals surface area contributed by atoms with E-state index in [9.17, 15) is 4.79 Å². The van der Waals surface area contributed by atoms with Crippen LogP contribution in [0.15, 0.2) is 24.3 Å². The topological polar surface area (TPSA) is 17.1 Å². The maximum absolute atomic E-state index is 11.4. The molecule has 0 spiro atoms. The van der Waals surface area contributed by atoms with Crippen molar-refractivity contribution in [2.45, 2.75) is 32.1 Å². The van der Waals surface area contributed by atoms with Crippen LogP contribution in [0.25, 0.3) is 0 Å². The number of carbonyl (C=O) groups excluding carboxylic acids is 1. The van der Waals surface area contributed by atoms with Crippen molar-refractivity contribution in [1.82, 2.24) is 0 Å². The van der Waals surface area contributed by atoms with E-state index in [1.807, 2.05) is 19.1 Å². The van der Waals surface area contributed by atoms with Crippen LogP contribution in [0.2, 0.25) is 0 Å². The quantitative estimate of drug-likeness (QED) is 0.643. The molecule has 0 atom stereocenters. The van der Waals surface area contributed by atoms with Crippen molar-refractivity contribution in [3.63, 3.8) is 0 Å². The Morgan fingerprint density at radius 1 is 1.46 bits per heavy atom. The summed E-state index contributed by atoms with van der Waals surface area (Å²) in [6.45, 7) is 1.91. The van der Waals surface area contributed by atoms with Crippen LogP contribution in [-0.2, 0) is 0 Å². The van der Waals surface area contributed by atoms with Gasteiger partial charge in [-0.05, 0) is 30.4 Å². The zero-order valence-corrected chi connectivity index (χ0v) is 7.92. The summed E-state index contributed by atoms with van der Waals surface area (Å²) in [6.07, 6.45) is 3.20. The minimum Gasteiger partial charge on any atom is -0.294 e. The lowest BCUT2D eigenvalue weighted by Gasteiger charge is -2.01. The summed E-state index contributed by atoms with van der Waals surface area (Å²) in [5, 5.41) is 0. The highest BCUT2D eigenvalue weighted by Gasteiger charge is 2.23. The van der Waals surface area contributed by atoms with Crippen molar-refractivity contribution in [2.75, 3.05) is 0 Å². The molecule has 1 aromatic carbocycles. The summed E-state index contributed by atoms with van der Waals surface area (Å²) < 4.78 is 0. The van der Waals surface area contributed by atoms with Crippen LogP contribution in [0.3, 0.4) is 0 Å². The zero-order chi connectivity index (χ0) is 9.26. The molecule has 0 unspecified atom stereocenters. The number of Topliss-reactive ketones (excluding diaryl/α,β-unsaturated/α-hetero) is 1. The predicted octanol–water partition coefficient (Wildman–Crippen LogP) is 3.16. The molecule has 68 valence electrons. The highest BCUT2D eigenvalue weighted by Crippen LogP contribution is 2.40. The van der Waals surface area contributed by atoms with Crippen molar-refractivity contribution in [3.05, 3.63) is 35.4 Å². The largest absolute Gasteiger partial charge is 0.294 e. The smallest absolute Gasteiger partial charge is 0.162 e. The van der Waals surface area contributed by atoms with E-state index in [0.29, 0.717) is 6.42 Å². The lowest BCUT2D eigenvalue weighted by molar-refractivity contribution is 0.0988. The van der Waals surface area contributed by atoms with E-state index in [-0.39, 0.29) is 5.78 Å². The second kappa shape index (κ2) is 3.33. The molecule has 0 heterocycles. The summed E-state index contributed by atoms with van der Waals surface area (Å²) >= 11 is 0. The molecule has 13 heavy (non-hydrogen) atoms. The average molecular weight is 174 g/mol. The van der Waals surface area contributed by atoms with E-state index in [1.54, 1.807) is 0 Å². The maximum Gasteiger partial charge on any atom is 0.162 e. The molecular formula is C12H14O. The zero-order valence-electron chi connectivity index (χ0n) is 7.92. The third-order valence-corrected chi connectivity index (χ3v) is 2.58. The van der Waals surface area contributed by atoms with E-state index in [4.69, 9.17) is 0 Å². The summed E-state index contributed by atoms with van der Waals surface area (Å²) in [5.74, 6) is 0.993. The molecule has 1 nitrogen and oxygen atoms in total. The molecule has 2 rings (SSSR count). The number of hydrogen-bond donors (Lipinski definition) is 0. The molecule has 1 aliphatic rings. The second-order valence-corrected chi connectivity index (χ2v) is 3.68. The Labute approximate surface area is 78.8 Å². The SMILES string of the molecule is CCC(=O)c1cccc(C2CC2)c1. The van der Waals surface area contributed by atoms with E-state index in [1.165, 1.54) is 18.4 Å². The van der Waals surface area contributed by atoms with Crippen molar-refractivity contribution in [3.8, 4) is 0 Å². The minimum atomic E-state index is 0.252. The molecule has 1 aliphatic carbocycles. The van der Waals surface area contributed by atoms with Crippen LogP contribution in [0.5, 0.6) is 0 Å². The van der Waals surface area contributed by atoms with Gasteiger partial charge in [-0.2, -0.15) is 0 Å². The number of ketones is 1. The van der Waals surface area contributed by atoms with E-state index < -0.39 is 0 Å². The van der Waals surface area contributed by atoms with Gasteiger partial charge in [-0.3, -0.25) is 4.79 Å². The van der Waals surface area contributed by atoms with Crippen molar-refractivity contribution in [2.24, 2.45) is 0 Å². The molecule has 0 bridgehead atoms. The molecule has 0 saturated heterocycles. The lowest BCUT2D eigenvalue weighted by atomic mass is 10.0. The molecule has 0 aliphatic heterocycles. The summed E-state index contributed by atoms with van der Waals surface area (Å²) in [6, 6.07) is 8.10. The summed E-state index contributed by atoms with van der Waals surface area (Å²) in [5.41, 5.74) is 2.23. The highest BCUT2D eigenvalue weighted by molar-refractivity contribution is 5.96. The predicted molar refractivity (Wildman–Crippen MR) is 53.0 cm³/mol. The second-order valence-electron chi connectivity index (χ2n) is 3.68. The Bertz CT molecular complexity index is 324. The van der Waals surface area contributed by atoms with Crippen LogP contribution < -0.4 is 0 Å². The van der Waals surface area contributed by atoms with Crippen molar-refractivity contribution in [1.29, 1.82) is 0 Å². The van der Waals surface area contributed by atoms with Gasteiger partial charge in [0.2, 0.25) is 0 Å². The third kappa shape index (κ3) is 1.80. The van der Waals surface area contributed by atoms with Gasteiger partial charge in [-0.15, -0.1) is 0 Å².